The van der Waals surface area contributed by atoms with Crippen LogP contribution in [0.15, 0.2) is 54.7 Å². The first-order valence-corrected chi connectivity index (χ1v) is 11.2. The van der Waals surface area contributed by atoms with E-state index in [0.717, 1.165) is 54.9 Å². The molecular weight excluding hydrogens is 384 g/mol. The number of carbonyl (C=O) groups is 1. The number of amides is 1. The van der Waals surface area contributed by atoms with Crippen molar-refractivity contribution < 1.29 is 4.79 Å². The molecule has 3 aromatic rings. The highest BCUT2D eigenvalue weighted by Gasteiger charge is 2.28. The standard InChI is InChI=1S/C26H32N4O/c1-5-20-10-12-21(13-11-20)25-23(18-30(27-25)24-9-7-6-8-19(24)2)26(31)29(4)22-14-16-28(3)17-15-22/h6-13,18,22H,5,14-17H2,1-4H3. The number of likely N-dealkylation sites (tertiary alicyclic amines) is 1. The molecule has 1 amide bonds. The SMILES string of the molecule is CCc1ccc(-c2nn(-c3ccccc3C)cc2C(=O)N(C)C2CCN(C)CC2)cc1. The van der Waals surface area contributed by atoms with Gasteiger partial charge in [-0.15, -0.1) is 0 Å². The quantitative estimate of drug-likeness (QED) is 0.611. The maximum atomic E-state index is 13.6. The van der Waals surface area contributed by atoms with Crippen LogP contribution in [0.3, 0.4) is 0 Å². The fraction of sp³-hybridized carbons (Fsp3) is 0.385. The van der Waals surface area contributed by atoms with E-state index in [1.54, 1.807) is 0 Å². The smallest absolute Gasteiger partial charge is 0.257 e. The van der Waals surface area contributed by atoms with E-state index in [1.165, 1.54) is 5.56 Å². The summed E-state index contributed by atoms with van der Waals surface area (Å²) in [6.07, 6.45) is 4.90. The van der Waals surface area contributed by atoms with Crippen LogP contribution in [0, 0.1) is 6.92 Å². The summed E-state index contributed by atoms with van der Waals surface area (Å²) >= 11 is 0. The Bertz CT molecular complexity index is 1050. The van der Waals surface area contributed by atoms with Gasteiger partial charge in [-0.3, -0.25) is 4.79 Å². The van der Waals surface area contributed by atoms with Gasteiger partial charge in [-0.2, -0.15) is 5.10 Å². The number of benzene rings is 2. The van der Waals surface area contributed by atoms with E-state index < -0.39 is 0 Å². The van der Waals surface area contributed by atoms with E-state index in [9.17, 15) is 4.79 Å². The third-order valence-electron chi connectivity index (χ3n) is 6.50. The van der Waals surface area contributed by atoms with Gasteiger partial charge >= 0.3 is 0 Å². The van der Waals surface area contributed by atoms with Crippen LogP contribution in [0.5, 0.6) is 0 Å². The zero-order valence-electron chi connectivity index (χ0n) is 19.0. The number of carbonyl (C=O) groups excluding carboxylic acids is 1. The molecule has 1 saturated heterocycles. The Morgan fingerprint density at radius 2 is 1.77 bits per heavy atom. The van der Waals surface area contributed by atoms with Gasteiger partial charge in [0.25, 0.3) is 5.91 Å². The van der Waals surface area contributed by atoms with Gasteiger partial charge < -0.3 is 9.80 Å². The minimum atomic E-state index is 0.0453. The number of hydrogen-bond acceptors (Lipinski definition) is 3. The summed E-state index contributed by atoms with van der Waals surface area (Å²) in [6, 6.07) is 16.8. The van der Waals surface area contributed by atoms with E-state index in [4.69, 9.17) is 5.10 Å². The van der Waals surface area contributed by atoms with Gasteiger partial charge in [0.05, 0.1) is 11.3 Å². The third-order valence-corrected chi connectivity index (χ3v) is 6.50. The molecule has 1 aliphatic rings. The Labute approximate surface area is 185 Å². The van der Waals surface area contributed by atoms with Crippen LogP contribution >= 0.6 is 0 Å². The molecule has 0 N–H and O–H groups in total. The Morgan fingerprint density at radius 1 is 1.10 bits per heavy atom. The second-order valence-corrected chi connectivity index (χ2v) is 8.62. The van der Waals surface area contributed by atoms with Gasteiger partial charge in [0.15, 0.2) is 0 Å². The summed E-state index contributed by atoms with van der Waals surface area (Å²) in [5, 5.41) is 4.89. The van der Waals surface area contributed by atoms with Gasteiger partial charge in [0.1, 0.15) is 5.69 Å². The number of para-hydroxylation sites is 1. The first kappa shape index (κ1) is 21.3. The maximum Gasteiger partial charge on any atom is 0.257 e. The lowest BCUT2D eigenvalue weighted by atomic mass is 10.0. The molecule has 0 saturated carbocycles. The highest BCUT2D eigenvalue weighted by atomic mass is 16.2. The monoisotopic (exact) mass is 416 g/mol. The molecule has 0 bridgehead atoms. The molecule has 2 aromatic carbocycles. The molecule has 0 atom stereocenters. The summed E-state index contributed by atoms with van der Waals surface area (Å²) in [5.41, 5.74) is 5.78. The van der Waals surface area contributed by atoms with E-state index in [1.807, 2.05) is 41.0 Å². The minimum Gasteiger partial charge on any atom is -0.339 e. The second kappa shape index (κ2) is 9.06. The maximum absolute atomic E-state index is 13.6. The van der Waals surface area contributed by atoms with E-state index in [2.05, 4.69) is 56.1 Å². The van der Waals surface area contributed by atoms with Crippen LogP contribution in [0.2, 0.25) is 0 Å². The lowest BCUT2D eigenvalue weighted by molar-refractivity contribution is 0.0660. The molecule has 1 aliphatic heterocycles. The van der Waals surface area contributed by atoms with Crippen LogP contribution in [0.25, 0.3) is 16.9 Å². The number of hydrogen-bond donors (Lipinski definition) is 0. The Hall–Kier alpha value is -2.92. The van der Waals surface area contributed by atoms with Crippen molar-refractivity contribution in [2.24, 2.45) is 0 Å². The predicted molar refractivity (Wildman–Crippen MR) is 126 cm³/mol. The molecule has 4 rings (SSSR count). The lowest BCUT2D eigenvalue weighted by Gasteiger charge is -2.35. The van der Waals surface area contributed by atoms with Crippen LogP contribution in [0.1, 0.15) is 41.3 Å². The van der Waals surface area contributed by atoms with E-state index in [0.29, 0.717) is 5.56 Å². The molecule has 2 heterocycles. The summed E-state index contributed by atoms with van der Waals surface area (Å²) in [7, 11) is 4.08. The molecule has 0 spiro atoms. The van der Waals surface area contributed by atoms with Crippen molar-refractivity contribution in [3.63, 3.8) is 0 Å². The van der Waals surface area contributed by atoms with Crippen molar-refractivity contribution in [2.45, 2.75) is 39.2 Å². The molecule has 162 valence electrons. The summed E-state index contributed by atoms with van der Waals surface area (Å²) < 4.78 is 1.86. The molecular formula is C26H32N4O. The van der Waals surface area contributed by atoms with Crippen molar-refractivity contribution in [3.8, 4) is 16.9 Å². The Morgan fingerprint density at radius 3 is 2.42 bits per heavy atom. The Kier molecular flexibility index (Phi) is 6.23. The fourth-order valence-corrected chi connectivity index (χ4v) is 4.32. The van der Waals surface area contributed by atoms with Gasteiger partial charge in [-0.1, -0.05) is 49.4 Å². The zero-order chi connectivity index (χ0) is 22.0. The molecule has 0 radical (unpaired) electrons. The van der Waals surface area contributed by atoms with E-state index >= 15 is 0 Å². The predicted octanol–water partition coefficient (Wildman–Crippen LogP) is 4.58. The molecule has 5 nitrogen and oxygen atoms in total. The largest absolute Gasteiger partial charge is 0.339 e. The third kappa shape index (κ3) is 4.42. The second-order valence-electron chi connectivity index (χ2n) is 8.62. The summed E-state index contributed by atoms with van der Waals surface area (Å²) in [5.74, 6) is 0.0453. The normalized spacial score (nSPS) is 15.2. The number of piperidine rings is 1. The zero-order valence-corrected chi connectivity index (χ0v) is 19.0. The summed E-state index contributed by atoms with van der Waals surface area (Å²) in [4.78, 5) is 17.9. The molecule has 0 aliphatic carbocycles. The van der Waals surface area contributed by atoms with Crippen molar-refractivity contribution in [1.29, 1.82) is 0 Å². The molecule has 31 heavy (non-hydrogen) atoms. The minimum absolute atomic E-state index is 0.0453. The van der Waals surface area contributed by atoms with Gasteiger partial charge in [0.2, 0.25) is 0 Å². The number of aryl methyl sites for hydroxylation is 2. The number of aromatic nitrogens is 2. The van der Waals surface area contributed by atoms with Crippen molar-refractivity contribution in [3.05, 3.63) is 71.4 Å². The van der Waals surface area contributed by atoms with E-state index in [-0.39, 0.29) is 11.9 Å². The first-order valence-electron chi connectivity index (χ1n) is 11.2. The van der Waals surface area contributed by atoms with Crippen LogP contribution < -0.4 is 0 Å². The fourth-order valence-electron chi connectivity index (χ4n) is 4.32. The van der Waals surface area contributed by atoms with Crippen molar-refractivity contribution in [1.82, 2.24) is 19.6 Å². The molecule has 1 aromatic heterocycles. The molecule has 0 unspecified atom stereocenters. The first-order chi connectivity index (χ1) is 15.0. The number of nitrogens with zero attached hydrogens (tertiary/aromatic N) is 4. The van der Waals surface area contributed by atoms with Crippen LogP contribution in [-0.4, -0.2) is 58.7 Å². The van der Waals surface area contributed by atoms with Crippen molar-refractivity contribution in [2.75, 3.05) is 27.2 Å². The average Bonchev–Trinajstić information content (AvgIpc) is 3.24. The van der Waals surface area contributed by atoms with Gasteiger partial charge in [-0.05, 0) is 63.5 Å². The topological polar surface area (TPSA) is 41.4 Å². The van der Waals surface area contributed by atoms with Crippen LogP contribution in [-0.2, 0) is 6.42 Å². The summed E-state index contributed by atoms with van der Waals surface area (Å²) in [6.45, 7) is 6.26. The van der Waals surface area contributed by atoms with Gasteiger partial charge in [-0.25, -0.2) is 4.68 Å². The van der Waals surface area contributed by atoms with Gasteiger partial charge in [0, 0.05) is 24.8 Å². The number of rotatable bonds is 5. The van der Waals surface area contributed by atoms with Crippen LogP contribution in [0.4, 0.5) is 0 Å². The lowest BCUT2D eigenvalue weighted by Crippen LogP contribution is -2.44. The highest BCUT2D eigenvalue weighted by Crippen LogP contribution is 2.27. The van der Waals surface area contributed by atoms with Crippen molar-refractivity contribution >= 4 is 5.91 Å². The Balaban J connectivity index is 1.74. The molecule has 1 fully saturated rings. The highest BCUT2D eigenvalue weighted by molar-refractivity contribution is 6.00. The average molecular weight is 417 g/mol. The molecule has 5 heteroatoms.